The molecule has 2 rings (SSSR count). The van der Waals surface area contributed by atoms with Gasteiger partial charge in [0.25, 0.3) is 5.91 Å². The van der Waals surface area contributed by atoms with Crippen molar-refractivity contribution in [3.05, 3.63) is 51.5 Å². The van der Waals surface area contributed by atoms with Crippen LogP contribution in [-0.2, 0) is 13.0 Å². The Kier molecular flexibility index (Phi) is 7.59. The zero-order valence-electron chi connectivity index (χ0n) is 15.9. The van der Waals surface area contributed by atoms with E-state index in [2.05, 4.69) is 26.0 Å². The predicted molar refractivity (Wildman–Crippen MR) is 108 cm³/mol. The highest BCUT2D eigenvalue weighted by Crippen LogP contribution is 2.10. The van der Waals surface area contributed by atoms with Crippen molar-refractivity contribution in [3.8, 4) is 0 Å². The second-order valence-corrected chi connectivity index (χ2v) is 7.18. The lowest BCUT2D eigenvalue weighted by Gasteiger charge is -2.13. The Balaban J connectivity index is 1.73. The van der Waals surface area contributed by atoms with Crippen molar-refractivity contribution >= 4 is 23.2 Å². The molecule has 0 fully saturated rings. The molecule has 0 bridgehead atoms. The minimum absolute atomic E-state index is 0.0115. The highest BCUT2D eigenvalue weighted by molar-refractivity contribution is 7.09. The Morgan fingerprint density at radius 2 is 1.96 bits per heavy atom. The summed E-state index contributed by atoms with van der Waals surface area (Å²) in [6.07, 6.45) is 1.98. The van der Waals surface area contributed by atoms with Gasteiger partial charge in [0.05, 0.1) is 5.01 Å². The molecule has 6 nitrogen and oxygen atoms in total. The summed E-state index contributed by atoms with van der Waals surface area (Å²) in [7, 11) is 5.27. The number of aryl methyl sites for hydroxylation is 2. The van der Waals surface area contributed by atoms with Crippen LogP contribution in [-0.4, -0.2) is 49.4 Å². The molecule has 1 aromatic heterocycles. The monoisotopic (exact) mass is 373 g/mol. The zero-order chi connectivity index (χ0) is 18.9. The highest BCUT2D eigenvalue weighted by atomic mass is 32.1. The number of aliphatic imine (C=N–C) groups is 1. The molecule has 140 valence electrons. The molecule has 0 aliphatic carbocycles. The molecule has 0 spiro atoms. The first-order valence-electron chi connectivity index (χ1n) is 8.65. The van der Waals surface area contributed by atoms with Gasteiger partial charge in [-0.2, -0.15) is 0 Å². The van der Waals surface area contributed by atoms with Gasteiger partial charge in [0.1, 0.15) is 0 Å². The minimum atomic E-state index is 0.0115. The van der Waals surface area contributed by atoms with Gasteiger partial charge in [-0.15, -0.1) is 11.3 Å². The second kappa shape index (κ2) is 9.91. The van der Waals surface area contributed by atoms with Gasteiger partial charge >= 0.3 is 0 Å². The van der Waals surface area contributed by atoms with Gasteiger partial charge in [-0.1, -0.05) is 12.1 Å². The van der Waals surface area contributed by atoms with Gasteiger partial charge in [-0.3, -0.25) is 9.79 Å². The molecule has 0 radical (unpaired) electrons. The third kappa shape index (κ3) is 6.15. The SMILES string of the molecule is CN=C(NCCCc1nc(C)cs1)NCc1ccc(C(=O)N(C)C)cc1. The van der Waals surface area contributed by atoms with E-state index < -0.39 is 0 Å². The molecular formula is C19H27N5OS. The summed E-state index contributed by atoms with van der Waals surface area (Å²) >= 11 is 1.71. The number of rotatable bonds is 7. The van der Waals surface area contributed by atoms with E-state index in [1.807, 2.05) is 31.2 Å². The lowest BCUT2D eigenvalue weighted by atomic mass is 10.1. The molecule has 0 saturated carbocycles. The van der Waals surface area contributed by atoms with E-state index in [1.54, 1.807) is 37.4 Å². The fourth-order valence-electron chi connectivity index (χ4n) is 2.39. The number of carbonyl (C=O) groups excluding carboxylic acids is 1. The van der Waals surface area contributed by atoms with E-state index in [4.69, 9.17) is 0 Å². The summed E-state index contributed by atoms with van der Waals surface area (Å²) < 4.78 is 0. The zero-order valence-corrected chi connectivity index (χ0v) is 16.7. The first kappa shape index (κ1) is 19.9. The predicted octanol–water partition coefficient (Wildman–Crippen LogP) is 2.45. The van der Waals surface area contributed by atoms with Crippen LogP contribution in [0.2, 0.25) is 0 Å². The van der Waals surface area contributed by atoms with Crippen molar-refractivity contribution in [1.29, 1.82) is 0 Å². The first-order chi connectivity index (χ1) is 12.5. The standard InChI is InChI=1S/C19H27N5OS/c1-14-13-26-17(23-14)6-5-11-21-19(20-2)22-12-15-7-9-16(10-8-15)18(25)24(3)4/h7-10,13H,5-6,11-12H2,1-4H3,(H2,20,21,22). The van der Waals surface area contributed by atoms with Crippen LogP contribution < -0.4 is 10.6 Å². The summed E-state index contributed by atoms with van der Waals surface area (Å²) in [6, 6.07) is 7.63. The summed E-state index contributed by atoms with van der Waals surface area (Å²) in [5.74, 6) is 0.783. The molecule has 2 aromatic rings. The fourth-order valence-corrected chi connectivity index (χ4v) is 3.21. The number of nitrogens with one attached hydrogen (secondary N) is 2. The molecule has 0 saturated heterocycles. The number of thiazole rings is 1. The van der Waals surface area contributed by atoms with E-state index in [0.29, 0.717) is 12.1 Å². The van der Waals surface area contributed by atoms with Crippen LogP contribution in [0, 0.1) is 6.92 Å². The molecule has 26 heavy (non-hydrogen) atoms. The van der Waals surface area contributed by atoms with Gasteiger partial charge < -0.3 is 15.5 Å². The van der Waals surface area contributed by atoms with E-state index in [9.17, 15) is 4.79 Å². The number of hydrogen-bond acceptors (Lipinski definition) is 4. The maximum atomic E-state index is 11.9. The van der Waals surface area contributed by atoms with Crippen molar-refractivity contribution in [1.82, 2.24) is 20.5 Å². The van der Waals surface area contributed by atoms with Crippen LogP contribution in [0.4, 0.5) is 0 Å². The lowest BCUT2D eigenvalue weighted by molar-refractivity contribution is 0.0827. The van der Waals surface area contributed by atoms with Crippen molar-refractivity contribution in [2.24, 2.45) is 4.99 Å². The van der Waals surface area contributed by atoms with Crippen molar-refractivity contribution < 1.29 is 4.79 Å². The van der Waals surface area contributed by atoms with Crippen molar-refractivity contribution in [3.63, 3.8) is 0 Å². The van der Waals surface area contributed by atoms with E-state index in [0.717, 1.165) is 36.6 Å². The van der Waals surface area contributed by atoms with Gasteiger partial charge in [-0.25, -0.2) is 4.98 Å². The quantitative estimate of drug-likeness (QED) is 0.444. The largest absolute Gasteiger partial charge is 0.356 e. The van der Waals surface area contributed by atoms with E-state index >= 15 is 0 Å². The molecule has 0 atom stereocenters. The van der Waals surface area contributed by atoms with Crippen molar-refractivity contribution in [2.45, 2.75) is 26.3 Å². The number of aromatic nitrogens is 1. The normalized spacial score (nSPS) is 11.3. The average Bonchev–Trinajstić information content (AvgIpc) is 3.06. The number of hydrogen-bond donors (Lipinski definition) is 2. The number of amides is 1. The Hall–Kier alpha value is -2.41. The maximum Gasteiger partial charge on any atom is 0.253 e. The maximum absolute atomic E-state index is 11.9. The minimum Gasteiger partial charge on any atom is -0.356 e. The molecule has 1 aromatic carbocycles. The molecule has 7 heteroatoms. The Bertz CT molecular complexity index is 737. The van der Waals surface area contributed by atoms with Crippen LogP contribution >= 0.6 is 11.3 Å². The molecule has 2 N–H and O–H groups in total. The average molecular weight is 374 g/mol. The third-order valence-electron chi connectivity index (χ3n) is 3.82. The van der Waals surface area contributed by atoms with Crippen LogP contribution in [0.3, 0.4) is 0 Å². The van der Waals surface area contributed by atoms with Gasteiger partial charge in [0.2, 0.25) is 0 Å². The topological polar surface area (TPSA) is 69.6 Å². The van der Waals surface area contributed by atoms with Crippen LogP contribution in [0.5, 0.6) is 0 Å². The smallest absolute Gasteiger partial charge is 0.253 e. The number of nitrogens with zero attached hydrogens (tertiary/aromatic N) is 3. The molecule has 1 heterocycles. The van der Waals surface area contributed by atoms with Gasteiger partial charge in [-0.05, 0) is 31.0 Å². The lowest BCUT2D eigenvalue weighted by Crippen LogP contribution is -2.37. The number of guanidine groups is 1. The van der Waals surface area contributed by atoms with Crippen LogP contribution in [0.15, 0.2) is 34.6 Å². The second-order valence-electron chi connectivity index (χ2n) is 6.24. The molecule has 0 aliphatic heterocycles. The Morgan fingerprint density at radius 3 is 2.54 bits per heavy atom. The molecule has 1 amide bonds. The number of benzene rings is 1. The molecule has 0 unspecified atom stereocenters. The molecule has 0 aliphatic rings. The number of carbonyl (C=O) groups is 1. The third-order valence-corrected chi connectivity index (χ3v) is 4.84. The summed E-state index contributed by atoms with van der Waals surface area (Å²) in [6.45, 7) is 3.52. The molecular weight excluding hydrogens is 346 g/mol. The van der Waals surface area contributed by atoms with Crippen molar-refractivity contribution in [2.75, 3.05) is 27.7 Å². The van der Waals surface area contributed by atoms with Crippen LogP contribution in [0.25, 0.3) is 0 Å². The summed E-state index contributed by atoms with van der Waals surface area (Å²) in [5.41, 5.74) is 2.88. The summed E-state index contributed by atoms with van der Waals surface area (Å²) in [5, 5.41) is 9.87. The van der Waals surface area contributed by atoms with Crippen LogP contribution in [0.1, 0.15) is 33.0 Å². The van der Waals surface area contributed by atoms with E-state index in [1.165, 1.54) is 5.01 Å². The van der Waals surface area contributed by atoms with E-state index in [-0.39, 0.29) is 5.91 Å². The first-order valence-corrected chi connectivity index (χ1v) is 9.53. The summed E-state index contributed by atoms with van der Waals surface area (Å²) in [4.78, 5) is 22.2. The Labute approximate surface area is 159 Å². The highest BCUT2D eigenvalue weighted by Gasteiger charge is 2.07. The van der Waals surface area contributed by atoms with Gasteiger partial charge in [0.15, 0.2) is 5.96 Å². The fraction of sp³-hybridized carbons (Fsp3) is 0.421. The Morgan fingerprint density at radius 1 is 1.23 bits per heavy atom. The van der Waals surface area contributed by atoms with Gasteiger partial charge in [0, 0.05) is 57.3 Å².